The van der Waals surface area contributed by atoms with E-state index >= 15 is 0 Å². The van der Waals surface area contributed by atoms with Crippen molar-refractivity contribution in [2.45, 2.75) is 19.8 Å². The number of carbonyl (C=O) groups excluding carboxylic acids is 1. The van der Waals surface area contributed by atoms with Gasteiger partial charge < -0.3 is 15.1 Å². The molecule has 1 heterocycles. The highest BCUT2D eigenvalue weighted by molar-refractivity contribution is 5.82. The van der Waals surface area contributed by atoms with Gasteiger partial charge in [0.05, 0.1) is 11.3 Å². The van der Waals surface area contributed by atoms with Crippen LogP contribution >= 0.6 is 0 Å². The van der Waals surface area contributed by atoms with Crippen LogP contribution < -0.4 is 10.2 Å². The molecular formula is C21H29N5O. The molecule has 6 nitrogen and oxygen atoms in total. The second-order valence-electron chi connectivity index (χ2n) is 7.02. The molecule has 0 unspecified atom stereocenters. The summed E-state index contributed by atoms with van der Waals surface area (Å²) in [7, 11) is 3.99. The number of piperidine rings is 1. The molecule has 1 N–H and O–H groups in total. The quantitative estimate of drug-likeness (QED) is 0.752. The van der Waals surface area contributed by atoms with E-state index in [1.54, 1.807) is 6.07 Å². The lowest BCUT2D eigenvalue weighted by Gasteiger charge is -2.34. The minimum Gasteiger partial charge on any atom is -0.371 e. The van der Waals surface area contributed by atoms with Crippen LogP contribution in [0.1, 0.15) is 30.9 Å². The number of nitrogens with zero attached hydrogens (tertiary/aromatic N) is 4. The number of hydrogen-bond donors (Lipinski definition) is 1. The van der Waals surface area contributed by atoms with E-state index in [9.17, 15) is 10.1 Å². The van der Waals surface area contributed by atoms with Crippen LogP contribution in [0.4, 0.5) is 11.4 Å². The Balaban J connectivity index is 2.09. The van der Waals surface area contributed by atoms with E-state index in [1.807, 2.05) is 39.2 Å². The first-order valence-corrected chi connectivity index (χ1v) is 9.35. The summed E-state index contributed by atoms with van der Waals surface area (Å²) < 4.78 is 0. The van der Waals surface area contributed by atoms with E-state index in [4.69, 9.17) is 0 Å². The summed E-state index contributed by atoms with van der Waals surface area (Å²) in [6, 6.07) is 5.95. The number of benzene rings is 1. The maximum atomic E-state index is 12.4. The van der Waals surface area contributed by atoms with Crippen molar-refractivity contribution < 1.29 is 4.79 Å². The highest BCUT2D eigenvalue weighted by atomic mass is 16.1. The summed E-state index contributed by atoms with van der Waals surface area (Å²) >= 11 is 0. The van der Waals surface area contributed by atoms with Gasteiger partial charge in [-0.1, -0.05) is 12.2 Å². The van der Waals surface area contributed by atoms with E-state index in [0.29, 0.717) is 17.8 Å². The number of nitrogens with one attached hydrogen (secondary N) is 1. The second kappa shape index (κ2) is 9.89. The molecule has 0 atom stereocenters. The molecule has 0 aliphatic carbocycles. The number of anilines is 1. The van der Waals surface area contributed by atoms with Crippen LogP contribution in [0.2, 0.25) is 0 Å². The average Bonchev–Trinajstić information content (AvgIpc) is 2.67. The van der Waals surface area contributed by atoms with E-state index < -0.39 is 0 Å². The molecule has 1 aromatic rings. The Labute approximate surface area is 162 Å². The van der Waals surface area contributed by atoms with E-state index in [0.717, 1.165) is 43.7 Å². The molecule has 1 fully saturated rings. The fourth-order valence-corrected chi connectivity index (χ4v) is 3.39. The maximum Gasteiger partial charge on any atom is 0.223 e. The standard InChI is InChI=1S/C21H29N5O/c1-5-6-18-19(8-7-17(15-22)20(18)23-2)26-12-9-16(10-13-26)21(27)24-11-14-25(3)4/h5-8,16H,2,9-14H2,1,3-4H3,(H,24,27)/b6-5-. The van der Waals surface area contributed by atoms with Crippen LogP contribution in [0.25, 0.3) is 6.08 Å². The number of rotatable bonds is 7. The molecule has 0 saturated carbocycles. The normalized spacial score (nSPS) is 15.1. The van der Waals surface area contributed by atoms with E-state index in [1.165, 1.54) is 0 Å². The largest absolute Gasteiger partial charge is 0.371 e. The molecule has 1 amide bonds. The van der Waals surface area contributed by atoms with Gasteiger partial charge in [0.1, 0.15) is 6.07 Å². The Bertz CT molecular complexity index is 740. The molecule has 1 aliphatic heterocycles. The number of amides is 1. The fraction of sp³-hybridized carbons (Fsp3) is 0.476. The van der Waals surface area contributed by atoms with Gasteiger partial charge in [-0.15, -0.1) is 0 Å². The monoisotopic (exact) mass is 367 g/mol. The lowest BCUT2D eigenvalue weighted by molar-refractivity contribution is -0.125. The van der Waals surface area contributed by atoms with Gasteiger partial charge in [-0.25, -0.2) is 0 Å². The SMILES string of the molecule is C=Nc1c(C#N)ccc(N2CCC(C(=O)NCCN(C)C)CC2)c1/C=C\C. The third-order valence-electron chi connectivity index (χ3n) is 4.87. The number of carbonyl (C=O) groups is 1. The molecule has 1 aromatic carbocycles. The van der Waals surface area contributed by atoms with Crippen molar-refractivity contribution in [1.82, 2.24) is 10.2 Å². The van der Waals surface area contributed by atoms with Gasteiger partial charge >= 0.3 is 0 Å². The maximum absolute atomic E-state index is 12.4. The molecule has 1 saturated heterocycles. The van der Waals surface area contributed by atoms with Crippen molar-refractivity contribution in [3.05, 3.63) is 29.3 Å². The summed E-state index contributed by atoms with van der Waals surface area (Å²) in [4.78, 5) is 20.8. The second-order valence-corrected chi connectivity index (χ2v) is 7.02. The molecule has 0 aromatic heterocycles. The number of allylic oxidation sites excluding steroid dienone is 1. The van der Waals surface area contributed by atoms with Crippen LogP contribution in [0, 0.1) is 17.2 Å². The summed E-state index contributed by atoms with van der Waals surface area (Å²) in [5.74, 6) is 0.211. The Hall–Kier alpha value is -2.65. The number of nitriles is 1. The molecule has 27 heavy (non-hydrogen) atoms. The van der Waals surface area contributed by atoms with Gasteiger partial charge in [0, 0.05) is 43.3 Å². The van der Waals surface area contributed by atoms with Crippen LogP contribution in [0.3, 0.4) is 0 Å². The van der Waals surface area contributed by atoms with Crippen LogP contribution in [0.15, 0.2) is 23.2 Å². The zero-order chi connectivity index (χ0) is 19.8. The van der Waals surface area contributed by atoms with Gasteiger partial charge in [-0.3, -0.25) is 9.79 Å². The van der Waals surface area contributed by atoms with Gasteiger partial charge in [-0.2, -0.15) is 5.26 Å². The molecule has 6 heteroatoms. The number of likely N-dealkylation sites (N-methyl/N-ethyl adjacent to an activating group) is 1. The summed E-state index contributed by atoms with van der Waals surface area (Å²) in [5, 5.41) is 12.4. The van der Waals surface area contributed by atoms with Crippen LogP contribution in [0.5, 0.6) is 0 Å². The van der Waals surface area contributed by atoms with Crippen molar-refractivity contribution in [3.8, 4) is 6.07 Å². The Kier molecular flexibility index (Phi) is 7.56. The highest BCUT2D eigenvalue weighted by Crippen LogP contribution is 2.35. The Morgan fingerprint density at radius 2 is 2.15 bits per heavy atom. The van der Waals surface area contributed by atoms with Gasteiger partial charge in [0.2, 0.25) is 5.91 Å². The first-order valence-electron chi connectivity index (χ1n) is 9.35. The lowest BCUT2D eigenvalue weighted by Crippen LogP contribution is -2.42. The number of hydrogen-bond acceptors (Lipinski definition) is 5. The third kappa shape index (κ3) is 5.18. The van der Waals surface area contributed by atoms with Gasteiger partial charge in [0.15, 0.2) is 0 Å². The molecule has 0 radical (unpaired) electrons. The Morgan fingerprint density at radius 3 is 2.70 bits per heavy atom. The van der Waals surface area contributed by atoms with Crippen LogP contribution in [-0.4, -0.2) is 57.8 Å². The predicted molar refractivity (Wildman–Crippen MR) is 112 cm³/mol. The fourth-order valence-electron chi connectivity index (χ4n) is 3.39. The Morgan fingerprint density at radius 1 is 1.44 bits per heavy atom. The zero-order valence-corrected chi connectivity index (χ0v) is 16.5. The summed E-state index contributed by atoms with van der Waals surface area (Å²) in [6.07, 6.45) is 5.56. The van der Waals surface area contributed by atoms with E-state index in [-0.39, 0.29) is 11.8 Å². The molecule has 0 bridgehead atoms. The van der Waals surface area contributed by atoms with Crippen molar-refractivity contribution in [1.29, 1.82) is 5.26 Å². The van der Waals surface area contributed by atoms with Gasteiger partial charge in [-0.05, 0) is 52.7 Å². The highest BCUT2D eigenvalue weighted by Gasteiger charge is 2.26. The van der Waals surface area contributed by atoms with Crippen molar-refractivity contribution >= 4 is 30.1 Å². The lowest BCUT2D eigenvalue weighted by atomic mass is 9.94. The molecule has 1 aliphatic rings. The molecule has 2 rings (SSSR count). The van der Waals surface area contributed by atoms with Crippen molar-refractivity contribution in [2.75, 3.05) is 45.2 Å². The van der Waals surface area contributed by atoms with Crippen molar-refractivity contribution in [3.63, 3.8) is 0 Å². The predicted octanol–water partition coefficient (Wildman–Crippen LogP) is 2.82. The minimum atomic E-state index is 0.0592. The smallest absolute Gasteiger partial charge is 0.223 e. The molecule has 0 spiro atoms. The molecular weight excluding hydrogens is 338 g/mol. The van der Waals surface area contributed by atoms with E-state index in [2.05, 4.69) is 32.9 Å². The third-order valence-corrected chi connectivity index (χ3v) is 4.87. The topological polar surface area (TPSA) is 71.7 Å². The van der Waals surface area contributed by atoms with Crippen LogP contribution in [-0.2, 0) is 4.79 Å². The summed E-state index contributed by atoms with van der Waals surface area (Å²) in [5.41, 5.74) is 3.11. The molecule has 144 valence electrons. The summed E-state index contributed by atoms with van der Waals surface area (Å²) in [6.45, 7) is 8.72. The number of aliphatic imine (C=N–C) groups is 1. The minimum absolute atomic E-state index is 0.0592. The first-order chi connectivity index (χ1) is 13.0. The first kappa shape index (κ1) is 20.7. The zero-order valence-electron chi connectivity index (χ0n) is 16.5. The average molecular weight is 367 g/mol. The van der Waals surface area contributed by atoms with Gasteiger partial charge in [0.25, 0.3) is 0 Å². The van der Waals surface area contributed by atoms with Crippen molar-refractivity contribution in [2.24, 2.45) is 10.9 Å².